The lowest BCUT2D eigenvalue weighted by atomic mass is 9.88. The molecule has 3 aliphatic heterocycles. The van der Waals surface area contributed by atoms with Gasteiger partial charge in [0.1, 0.15) is 31.7 Å². The topological polar surface area (TPSA) is 153 Å². The Labute approximate surface area is 234 Å². The molecule has 0 aliphatic carbocycles. The van der Waals surface area contributed by atoms with Gasteiger partial charge in [-0.05, 0) is 50.6 Å². The Hall–Kier alpha value is -2.46. The zero-order chi connectivity index (χ0) is 28.4. The predicted octanol–water partition coefficient (Wildman–Crippen LogP) is 0.708. The van der Waals surface area contributed by atoms with E-state index in [9.17, 15) is 21.9 Å². The summed E-state index contributed by atoms with van der Waals surface area (Å²) in [7, 11) is -5.93. The summed E-state index contributed by atoms with van der Waals surface area (Å²) in [6.07, 6.45) is 1.04. The lowest BCUT2D eigenvalue weighted by molar-refractivity contribution is -0.0312. The highest BCUT2D eigenvalue weighted by Gasteiger charge is 2.44. The van der Waals surface area contributed by atoms with Crippen molar-refractivity contribution in [1.82, 2.24) is 14.3 Å². The molecule has 2 unspecified atom stereocenters. The van der Waals surface area contributed by atoms with Gasteiger partial charge in [-0.3, -0.25) is 0 Å². The van der Waals surface area contributed by atoms with Crippen LogP contribution in [0.15, 0.2) is 52.3 Å². The normalized spacial score (nSPS) is 21.8. The van der Waals surface area contributed by atoms with E-state index in [2.05, 4.69) is 10.0 Å². The molecule has 3 heterocycles. The molecular weight excluding hydrogens is 562 g/mol. The van der Waals surface area contributed by atoms with E-state index in [4.69, 9.17) is 18.9 Å². The molecule has 0 amide bonds. The maximum Gasteiger partial charge on any atom is 0.243 e. The van der Waals surface area contributed by atoms with Crippen LogP contribution in [0.2, 0.25) is 0 Å². The van der Waals surface area contributed by atoms with Gasteiger partial charge in [0.25, 0.3) is 0 Å². The number of fused-ring (bicyclic) bond motifs is 1. The molecule has 40 heavy (non-hydrogen) atoms. The second-order valence-electron chi connectivity index (χ2n) is 10.2. The standard InChI is InChI=1S/C26H35N3O9S2/c1-27-39(31,32)22-4-2-3-21(13-22)37-18-20(30)16-28-19-15-26(38-17-19)7-9-29(10-8-26)40(33,34)23-5-6-24-25(14-23)36-12-11-35-24/h2-6,13-14,19-20,27-28,30H,7-12,15-18H2,1H3. The van der Waals surface area contributed by atoms with Crippen molar-refractivity contribution in [2.24, 2.45) is 0 Å². The highest BCUT2D eigenvalue weighted by Crippen LogP contribution is 2.38. The van der Waals surface area contributed by atoms with Crippen LogP contribution >= 0.6 is 0 Å². The number of sulfonamides is 2. The molecule has 2 fully saturated rings. The molecule has 3 N–H and O–H groups in total. The van der Waals surface area contributed by atoms with Crippen LogP contribution in [-0.4, -0.2) is 97.1 Å². The summed E-state index contributed by atoms with van der Waals surface area (Å²) in [4.78, 5) is 0.268. The number of nitrogens with zero attached hydrogens (tertiary/aromatic N) is 1. The Morgan fingerprint density at radius 3 is 2.55 bits per heavy atom. The van der Waals surface area contributed by atoms with E-state index in [-0.39, 0.29) is 29.0 Å². The lowest BCUT2D eigenvalue weighted by Crippen LogP contribution is -2.47. The van der Waals surface area contributed by atoms with Gasteiger partial charge in [-0.25, -0.2) is 21.6 Å². The molecule has 1 spiro atoms. The fourth-order valence-corrected chi connectivity index (χ4v) is 7.42. The molecule has 220 valence electrons. The quantitative estimate of drug-likeness (QED) is 0.357. The first-order valence-electron chi connectivity index (χ1n) is 13.2. The Morgan fingerprint density at radius 1 is 1.05 bits per heavy atom. The zero-order valence-electron chi connectivity index (χ0n) is 22.2. The van der Waals surface area contributed by atoms with E-state index in [1.807, 2.05) is 0 Å². The molecule has 5 rings (SSSR count). The summed E-state index contributed by atoms with van der Waals surface area (Å²) in [6.45, 7) is 2.24. The number of rotatable bonds is 10. The van der Waals surface area contributed by atoms with Crippen molar-refractivity contribution >= 4 is 20.0 Å². The molecule has 3 aliphatic rings. The molecule has 0 radical (unpaired) electrons. The molecule has 2 atom stereocenters. The van der Waals surface area contributed by atoms with Crippen LogP contribution in [-0.2, 0) is 24.8 Å². The molecule has 2 saturated heterocycles. The molecule has 0 saturated carbocycles. The number of hydrogen-bond acceptors (Lipinski definition) is 10. The third-order valence-electron chi connectivity index (χ3n) is 7.46. The van der Waals surface area contributed by atoms with Gasteiger partial charge in [-0.15, -0.1) is 0 Å². The number of benzene rings is 2. The minimum Gasteiger partial charge on any atom is -0.491 e. The van der Waals surface area contributed by atoms with Crippen molar-refractivity contribution in [1.29, 1.82) is 0 Å². The maximum absolute atomic E-state index is 13.3. The molecule has 0 aromatic heterocycles. The van der Waals surface area contributed by atoms with Crippen LogP contribution < -0.4 is 24.2 Å². The number of aliphatic hydroxyl groups is 1. The Kier molecular flexibility index (Phi) is 8.57. The highest BCUT2D eigenvalue weighted by molar-refractivity contribution is 7.89. The number of hydrogen-bond donors (Lipinski definition) is 3. The van der Waals surface area contributed by atoms with Gasteiger partial charge in [0.15, 0.2) is 11.5 Å². The van der Waals surface area contributed by atoms with E-state index >= 15 is 0 Å². The Morgan fingerprint density at radius 2 is 1.80 bits per heavy atom. The molecular formula is C26H35N3O9S2. The monoisotopic (exact) mass is 597 g/mol. The molecule has 12 nitrogen and oxygen atoms in total. The van der Waals surface area contributed by atoms with Gasteiger partial charge in [0.2, 0.25) is 20.0 Å². The van der Waals surface area contributed by atoms with Crippen molar-refractivity contribution in [2.75, 3.05) is 53.1 Å². The summed E-state index contributed by atoms with van der Waals surface area (Å²) < 4.78 is 77.0. The first-order valence-corrected chi connectivity index (χ1v) is 16.1. The van der Waals surface area contributed by atoms with Gasteiger partial charge in [-0.2, -0.15) is 4.31 Å². The number of aliphatic hydroxyl groups excluding tert-OH is 1. The summed E-state index contributed by atoms with van der Waals surface area (Å²) >= 11 is 0. The van der Waals surface area contributed by atoms with Gasteiger partial charge >= 0.3 is 0 Å². The van der Waals surface area contributed by atoms with E-state index in [0.29, 0.717) is 69.4 Å². The number of ether oxygens (including phenoxy) is 4. The first kappa shape index (κ1) is 29.0. The fraction of sp³-hybridized carbons (Fsp3) is 0.538. The smallest absolute Gasteiger partial charge is 0.243 e. The average Bonchev–Trinajstić information content (AvgIpc) is 3.37. The van der Waals surface area contributed by atoms with Crippen LogP contribution in [0.1, 0.15) is 19.3 Å². The summed E-state index contributed by atoms with van der Waals surface area (Å²) in [5, 5.41) is 13.7. The summed E-state index contributed by atoms with van der Waals surface area (Å²) in [5.74, 6) is 1.33. The van der Waals surface area contributed by atoms with E-state index in [0.717, 1.165) is 0 Å². The van der Waals surface area contributed by atoms with Crippen molar-refractivity contribution in [3.05, 3.63) is 42.5 Å². The fourth-order valence-electron chi connectivity index (χ4n) is 5.19. The predicted molar refractivity (Wildman–Crippen MR) is 145 cm³/mol. The van der Waals surface area contributed by atoms with E-state index in [1.54, 1.807) is 24.3 Å². The lowest BCUT2D eigenvalue weighted by Gasteiger charge is -2.38. The average molecular weight is 598 g/mol. The second kappa shape index (κ2) is 11.8. The molecule has 2 aromatic carbocycles. The maximum atomic E-state index is 13.3. The van der Waals surface area contributed by atoms with Crippen molar-refractivity contribution in [3.63, 3.8) is 0 Å². The first-order chi connectivity index (χ1) is 19.1. The summed E-state index contributed by atoms with van der Waals surface area (Å²) in [5.41, 5.74) is -0.406. The summed E-state index contributed by atoms with van der Waals surface area (Å²) in [6, 6.07) is 10.8. The molecule has 2 aromatic rings. The molecule has 14 heteroatoms. The number of nitrogens with one attached hydrogen (secondary N) is 2. The largest absolute Gasteiger partial charge is 0.491 e. The van der Waals surface area contributed by atoms with Crippen molar-refractivity contribution in [3.8, 4) is 17.2 Å². The minimum absolute atomic E-state index is 0.0124. The zero-order valence-corrected chi connectivity index (χ0v) is 23.9. The van der Waals surface area contributed by atoms with Gasteiger partial charge < -0.3 is 29.4 Å². The van der Waals surface area contributed by atoms with Crippen molar-refractivity contribution in [2.45, 2.75) is 46.8 Å². The Bertz CT molecular complexity index is 1410. The van der Waals surface area contributed by atoms with Crippen LogP contribution in [0, 0.1) is 0 Å². The van der Waals surface area contributed by atoms with Crippen LogP contribution in [0.4, 0.5) is 0 Å². The highest BCUT2D eigenvalue weighted by atomic mass is 32.2. The third kappa shape index (κ3) is 6.38. The van der Waals surface area contributed by atoms with Gasteiger partial charge in [-0.1, -0.05) is 6.07 Å². The molecule has 0 bridgehead atoms. The van der Waals surface area contributed by atoms with Crippen LogP contribution in [0.25, 0.3) is 0 Å². The minimum atomic E-state index is -3.68. The second-order valence-corrected chi connectivity index (χ2v) is 14.0. The van der Waals surface area contributed by atoms with Gasteiger partial charge in [0, 0.05) is 37.8 Å². The third-order valence-corrected chi connectivity index (χ3v) is 10.8. The SMILES string of the molecule is CNS(=O)(=O)c1cccc(OCC(O)CNC2COC3(CCN(S(=O)(=O)c4ccc5c(c4)OCCO5)CC3)C2)c1. The van der Waals surface area contributed by atoms with Crippen molar-refractivity contribution < 1.29 is 40.9 Å². The van der Waals surface area contributed by atoms with Crippen LogP contribution in [0.5, 0.6) is 17.2 Å². The van der Waals surface area contributed by atoms with Gasteiger partial charge in [0.05, 0.1) is 22.0 Å². The van der Waals surface area contributed by atoms with E-state index in [1.165, 1.54) is 29.6 Å². The van der Waals surface area contributed by atoms with Crippen LogP contribution in [0.3, 0.4) is 0 Å². The number of piperidine rings is 1. The Balaban J connectivity index is 1.08. The van der Waals surface area contributed by atoms with E-state index < -0.39 is 31.8 Å².